The van der Waals surface area contributed by atoms with Crippen molar-refractivity contribution in [3.8, 4) is 0 Å². The van der Waals surface area contributed by atoms with Crippen molar-refractivity contribution in [1.29, 1.82) is 0 Å². The largest absolute Gasteiger partial charge is 0.332 e. The first kappa shape index (κ1) is 12.2. The van der Waals surface area contributed by atoms with Crippen LogP contribution in [0.2, 0.25) is 0 Å². The van der Waals surface area contributed by atoms with Crippen molar-refractivity contribution in [2.45, 2.75) is 57.0 Å². The zero-order chi connectivity index (χ0) is 13.5. The summed E-state index contributed by atoms with van der Waals surface area (Å²) in [5.41, 5.74) is 4.26. The van der Waals surface area contributed by atoms with Crippen LogP contribution in [0.3, 0.4) is 0 Å². The van der Waals surface area contributed by atoms with Crippen LogP contribution < -0.4 is 0 Å². The van der Waals surface area contributed by atoms with Gasteiger partial charge in [0.25, 0.3) is 5.91 Å². The van der Waals surface area contributed by atoms with Gasteiger partial charge in [-0.25, -0.2) is 0 Å². The van der Waals surface area contributed by atoms with Gasteiger partial charge in [-0.15, -0.1) is 0 Å². The van der Waals surface area contributed by atoms with Crippen LogP contribution >= 0.6 is 0 Å². The highest BCUT2D eigenvalue weighted by molar-refractivity contribution is 5.95. The van der Waals surface area contributed by atoms with Gasteiger partial charge in [-0.1, -0.05) is 29.3 Å². The first-order valence-corrected chi connectivity index (χ1v) is 7.90. The summed E-state index contributed by atoms with van der Waals surface area (Å²) in [6.45, 7) is 0. The third kappa shape index (κ3) is 1.90. The Kier molecular flexibility index (Phi) is 2.90. The molecule has 0 spiro atoms. The monoisotopic (exact) mass is 267 g/mol. The van der Waals surface area contributed by atoms with Gasteiger partial charge in [0, 0.05) is 17.6 Å². The number of carbonyl (C=O) groups excluding carboxylic acids is 1. The van der Waals surface area contributed by atoms with E-state index < -0.39 is 0 Å². The summed E-state index contributed by atoms with van der Waals surface area (Å²) in [6.07, 6.45) is 8.69. The molecule has 1 amide bonds. The first-order valence-electron chi connectivity index (χ1n) is 7.90. The van der Waals surface area contributed by atoms with Crippen molar-refractivity contribution in [3.05, 3.63) is 47.0 Å². The average molecular weight is 267 g/mol. The van der Waals surface area contributed by atoms with Crippen LogP contribution in [0.25, 0.3) is 0 Å². The Morgan fingerprint density at radius 1 is 0.950 bits per heavy atom. The van der Waals surface area contributed by atoms with Crippen molar-refractivity contribution >= 4 is 5.91 Å². The molecule has 2 atom stereocenters. The summed E-state index contributed by atoms with van der Waals surface area (Å²) in [4.78, 5) is 14.9. The fraction of sp³-hybridized carbons (Fsp3) is 0.500. The lowest BCUT2D eigenvalue weighted by molar-refractivity contribution is 0.0633. The van der Waals surface area contributed by atoms with Crippen molar-refractivity contribution in [1.82, 2.24) is 4.90 Å². The predicted molar refractivity (Wildman–Crippen MR) is 79.5 cm³/mol. The lowest BCUT2D eigenvalue weighted by atomic mass is 9.82. The quantitative estimate of drug-likeness (QED) is 0.706. The van der Waals surface area contributed by atoms with Crippen LogP contribution in [-0.4, -0.2) is 22.9 Å². The highest BCUT2D eigenvalue weighted by atomic mass is 16.2. The van der Waals surface area contributed by atoms with Gasteiger partial charge in [-0.05, 0) is 57.1 Å². The Morgan fingerprint density at radius 3 is 2.15 bits per heavy atom. The average Bonchev–Trinajstić information content (AvgIpc) is 2.68. The second kappa shape index (κ2) is 4.76. The molecule has 1 saturated carbocycles. The molecule has 4 rings (SSSR count). The number of hydrogen-bond donors (Lipinski definition) is 0. The summed E-state index contributed by atoms with van der Waals surface area (Å²) in [5, 5.41) is 0. The van der Waals surface area contributed by atoms with E-state index in [1.54, 1.807) is 11.1 Å². The molecule has 2 nitrogen and oxygen atoms in total. The Morgan fingerprint density at radius 2 is 1.60 bits per heavy atom. The molecule has 1 aromatic rings. The van der Waals surface area contributed by atoms with Gasteiger partial charge in [0.05, 0.1) is 0 Å². The number of nitrogens with zero attached hydrogens (tertiary/aromatic N) is 1. The van der Waals surface area contributed by atoms with Crippen molar-refractivity contribution < 1.29 is 4.79 Å². The molecule has 2 bridgehead atoms. The number of carbonyl (C=O) groups is 1. The zero-order valence-electron chi connectivity index (χ0n) is 11.8. The topological polar surface area (TPSA) is 20.3 Å². The Bertz CT molecular complexity index is 538. The van der Waals surface area contributed by atoms with E-state index in [0.29, 0.717) is 12.1 Å². The molecule has 0 radical (unpaired) electrons. The number of amides is 1. The minimum absolute atomic E-state index is 0.246. The molecule has 2 heteroatoms. The lowest BCUT2D eigenvalue weighted by Gasteiger charge is -2.38. The van der Waals surface area contributed by atoms with Crippen LogP contribution in [0.15, 0.2) is 41.5 Å². The highest BCUT2D eigenvalue weighted by Gasteiger charge is 2.42. The van der Waals surface area contributed by atoms with Gasteiger partial charge in [-0.3, -0.25) is 4.79 Å². The van der Waals surface area contributed by atoms with Gasteiger partial charge in [0.2, 0.25) is 0 Å². The zero-order valence-corrected chi connectivity index (χ0v) is 11.8. The predicted octanol–water partition coefficient (Wildman–Crippen LogP) is 3.93. The summed E-state index contributed by atoms with van der Waals surface area (Å²) in [5.74, 6) is 0.246. The molecule has 1 aliphatic carbocycles. The van der Waals surface area contributed by atoms with E-state index >= 15 is 0 Å². The molecule has 0 N–H and O–H groups in total. The van der Waals surface area contributed by atoms with E-state index in [1.807, 2.05) is 30.3 Å². The minimum atomic E-state index is 0.246. The highest BCUT2D eigenvalue weighted by Crippen LogP contribution is 2.43. The van der Waals surface area contributed by atoms with E-state index in [0.717, 1.165) is 18.4 Å². The molecule has 2 aliphatic heterocycles. The van der Waals surface area contributed by atoms with Crippen LogP contribution in [0.1, 0.15) is 55.3 Å². The van der Waals surface area contributed by atoms with Gasteiger partial charge < -0.3 is 4.90 Å². The summed E-state index contributed by atoms with van der Waals surface area (Å²) >= 11 is 0. The summed E-state index contributed by atoms with van der Waals surface area (Å²) in [6, 6.07) is 10.7. The van der Waals surface area contributed by atoms with E-state index in [2.05, 4.69) is 4.90 Å². The number of fused-ring (bicyclic) bond motifs is 2. The van der Waals surface area contributed by atoms with Crippen molar-refractivity contribution in [3.63, 3.8) is 0 Å². The maximum Gasteiger partial charge on any atom is 0.254 e. The summed E-state index contributed by atoms with van der Waals surface area (Å²) < 4.78 is 0. The number of rotatable bonds is 1. The lowest BCUT2D eigenvalue weighted by Crippen LogP contribution is -2.45. The molecule has 2 heterocycles. The van der Waals surface area contributed by atoms with Crippen LogP contribution in [-0.2, 0) is 0 Å². The van der Waals surface area contributed by atoms with E-state index in [9.17, 15) is 4.79 Å². The van der Waals surface area contributed by atoms with E-state index in [1.165, 1.54) is 32.1 Å². The van der Waals surface area contributed by atoms with Crippen LogP contribution in [0.4, 0.5) is 0 Å². The standard InChI is InChI=1S/C18H21NO/c20-18(14-5-2-1-3-6-14)19-16-9-10-17(19)12-15(11-16)13-7-4-8-13/h1-3,5-6,16-17H,4,7-12H2. The second-order valence-electron chi connectivity index (χ2n) is 6.43. The molecule has 2 saturated heterocycles. The van der Waals surface area contributed by atoms with Crippen molar-refractivity contribution in [2.75, 3.05) is 0 Å². The van der Waals surface area contributed by atoms with E-state index in [4.69, 9.17) is 0 Å². The second-order valence-corrected chi connectivity index (χ2v) is 6.43. The molecule has 2 unspecified atom stereocenters. The third-order valence-electron chi connectivity index (χ3n) is 5.30. The summed E-state index contributed by atoms with van der Waals surface area (Å²) in [7, 11) is 0. The number of hydrogen-bond acceptors (Lipinski definition) is 1. The van der Waals surface area contributed by atoms with Gasteiger partial charge >= 0.3 is 0 Å². The molecular weight excluding hydrogens is 246 g/mol. The normalized spacial score (nSPS) is 28.5. The SMILES string of the molecule is O=C(c1ccccc1)N1C2CCC1CC(=C1CCC1)C2. The van der Waals surface area contributed by atoms with Gasteiger partial charge in [-0.2, -0.15) is 0 Å². The Labute approximate surface area is 120 Å². The first-order chi connectivity index (χ1) is 9.83. The van der Waals surface area contributed by atoms with Gasteiger partial charge in [0.15, 0.2) is 0 Å². The van der Waals surface area contributed by atoms with Gasteiger partial charge in [0.1, 0.15) is 0 Å². The fourth-order valence-corrected chi connectivity index (χ4v) is 4.07. The molecule has 0 aromatic heterocycles. The number of allylic oxidation sites excluding steroid dienone is 1. The molecule has 3 fully saturated rings. The fourth-order valence-electron chi connectivity index (χ4n) is 4.07. The molecular formula is C18H21NO. The molecule has 20 heavy (non-hydrogen) atoms. The smallest absolute Gasteiger partial charge is 0.254 e. The molecule has 3 aliphatic rings. The molecule has 104 valence electrons. The van der Waals surface area contributed by atoms with Crippen LogP contribution in [0.5, 0.6) is 0 Å². The van der Waals surface area contributed by atoms with Crippen molar-refractivity contribution in [2.24, 2.45) is 0 Å². The minimum Gasteiger partial charge on any atom is -0.332 e. The van der Waals surface area contributed by atoms with Crippen LogP contribution in [0, 0.1) is 0 Å². The number of piperidine rings is 1. The number of benzene rings is 1. The molecule has 1 aromatic carbocycles. The Balaban J connectivity index is 1.58. The maximum atomic E-state index is 12.7. The maximum absolute atomic E-state index is 12.7. The third-order valence-corrected chi connectivity index (χ3v) is 5.30. The Hall–Kier alpha value is -1.57. The van der Waals surface area contributed by atoms with E-state index in [-0.39, 0.29) is 5.91 Å².